The number of benzene rings is 1. The van der Waals surface area contributed by atoms with Crippen LogP contribution in [0.1, 0.15) is 18.3 Å². The van der Waals surface area contributed by atoms with Crippen molar-refractivity contribution in [1.82, 2.24) is 14.9 Å². The van der Waals surface area contributed by atoms with Gasteiger partial charge < -0.3 is 15.1 Å². The second kappa shape index (κ2) is 7.29. The molecule has 0 unspecified atom stereocenters. The van der Waals surface area contributed by atoms with Gasteiger partial charge in [0.25, 0.3) is 0 Å². The molecule has 0 radical (unpaired) electrons. The molecule has 1 aliphatic heterocycles. The van der Waals surface area contributed by atoms with Gasteiger partial charge >= 0.3 is 0 Å². The molecule has 0 spiro atoms. The number of carbonyl (C=O) groups excluding carboxylic acids is 1. The van der Waals surface area contributed by atoms with Crippen LogP contribution in [0.15, 0.2) is 36.4 Å². The average Bonchev–Trinajstić information content (AvgIpc) is 2.60. The van der Waals surface area contributed by atoms with Gasteiger partial charge in [-0.3, -0.25) is 4.79 Å². The number of amides is 1. The first kappa shape index (κ1) is 16.2. The van der Waals surface area contributed by atoms with E-state index in [1.54, 1.807) is 6.92 Å². The van der Waals surface area contributed by atoms with Crippen LogP contribution in [0.4, 0.5) is 11.6 Å². The molecular formula is C18H23N5O. The molecule has 1 aromatic heterocycles. The van der Waals surface area contributed by atoms with E-state index in [-0.39, 0.29) is 5.91 Å². The Kier molecular flexibility index (Phi) is 4.93. The summed E-state index contributed by atoms with van der Waals surface area (Å²) in [7, 11) is 0. The Morgan fingerprint density at radius 3 is 2.50 bits per heavy atom. The fraction of sp³-hybridized carbons (Fsp3) is 0.389. The number of nitrogens with one attached hydrogen (secondary N) is 1. The average molecular weight is 325 g/mol. The molecule has 1 aliphatic rings. The smallest absolute Gasteiger partial charge is 0.219 e. The number of hydrogen-bond donors (Lipinski definition) is 1. The third-order valence-corrected chi connectivity index (χ3v) is 4.19. The summed E-state index contributed by atoms with van der Waals surface area (Å²) in [5.74, 6) is 2.63. The van der Waals surface area contributed by atoms with Crippen LogP contribution in [0.5, 0.6) is 0 Å². The highest BCUT2D eigenvalue weighted by Gasteiger charge is 2.20. The van der Waals surface area contributed by atoms with Gasteiger partial charge in [-0.25, -0.2) is 9.97 Å². The number of rotatable bonds is 4. The van der Waals surface area contributed by atoms with Crippen molar-refractivity contribution < 1.29 is 4.79 Å². The lowest BCUT2D eigenvalue weighted by molar-refractivity contribution is -0.129. The maximum Gasteiger partial charge on any atom is 0.219 e. The third kappa shape index (κ3) is 4.01. The molecule has 126 valence electrons. The molecule has 0 saturated carbocycles. The molecule has 0 aliphatic carbocycles. The first-order valence-electron chi connectivity index (χ1n) is 8.26. The van der Waals surface area contributed by atoms with E-state index in [1.165, 1.54) is 5.56 Å². The molecule has 1 saturated heterocycles. The lowest BCUT2D eigenvalue weighted by Gasteiger charge is -2.35. The van der Waals surface area contributed by atoms with Gasteiger partial charge in [0, 0.05) is 45.7 Å². The summed E-state index contributed by atoms with van der Waals surface area (Å²) < 4.78 is 0. The Hall–Kier alpha value is -2.63. The van der Waals surface area contributed by atoms with Crippen molar-refractivity contribution in [3.05, 3.63) is 47.8 Å². The maximum atomic E-state index is 11.4. The molecular weight excluding hydrogens is 302 g/mol. The fourth-order valence-electron chi connectivity index (χ4n) is 2.84. The van der Waals surface area contributed by atoms with Crippen molar-refractivity contribution in [3.63, 3.8) is 0 Å². The summed E-state index contributed by atoms with van der Waals surface area (Å²) in [6.45, 7) is 7.34. The Morgan fingerprint density at radius 2 is 1.83 bits per heavy atom. The van der Waals surface area contributed by atoms with Gasteiger partial charge in [0.15, 0.2) is 0 Å². The molecule has 1 amide bonds. The van der Waals surface area contributed by atoms with Gasteiger partial charge in [0.2, 0.25) is 5.91 Å². The van der Waals surface area contributed by atoms with E-state index in [9.17, 15) is 4.79 Å². The van der Waals surface area contributed by atoms with E-state index in [0.29, 0.717) is 0 Å². The van der Waals surface area contributed by atoms with Gasteiger partial charge in [-0.15, -0.1) is 0 Å². The summed E-state index contributed by atoms with van der Waals surface area (Å²) in [5, 5.41) is 3.37. The summed E-state index contributed by atoms with van der Waals surface area (Å²) in [6.07, 6.45) is 0. The van der Waals surface area contributed by atoms with Gasteiger partial charge in [-0.1, -0.05) is 30.3 Å². The van der Waals surface area contributed by atoms with E-state index < -0.39 is 0 Å². The number of carbonyl (C=O) groups is 1. The molecule has 6 nitrogen and oxygen atoms in total. The summed E-state index contributed by atoms with van der Waals surface area (Å²) in [6, 6.07) is 12.2. The normalized spacial score (nSPS) is 14.6. The first-order valence-corrected chi connectivity index (χ1v) is 8.26. The number of aromatic nitrogens is 2. The van der Waals surface area contributed by atoms with Crippen molar-refractivity contribution in [3.8, 4) is 0 Å². The minimum Gasteiger partial charge on any atom is -0.366 e. The van der Waals surface area contributed by atoms with E-state index in [2.05, 4.69) is 32.3 Å². The number of piperazine rings is 1. The van der Waals surface area contributed by atoms with Crippen molar-refractivity contribution in [1.29, 1.82) is 0 Å². The highest BCUT2D eigenvalue weighted by molar-refractivity contribution is 5.73. The van der Waals surface area contributed by atoms with E-state index in [1.807, 2.05) is 36.1 Å². The lowest BCUT2D eigenvalue weighted by atomic mass is 10.2. The Bertz CT molecular complexity index is 696. The van der Waals surface area contributed by atoms with Crippen LogP contribution in [0, 0.1) is 6.92 Å². The van der Waals surface area contributed by atoms with Crippen LogP contribution in [-0.4, -0.2) is 47.0 Å². The van der Waals surface area contributed by atoms with Gasteiger partial charge in [0.1, 0.15) is 17.5 Å². The minimum atomic E-state index is 0.138. The molecule has 1 aromatic carbocycles. The second-order valence-electron chi connectivity index (χ2n) is 5.99. The molecule has 6 heteroatoms. The van der Waals surface area contributed by atoms with Gasteiger partial charge in [-0.2, -0.15) is 0 Å². The molecule has 2 aromatic rings. The third-order valence-electron chi connectivity index (χ3n) is 4.19. The Morgan fingerprint density at radius 1 is 1.12 bits per heavy atom. The first-order chi connectivity index (χ1) is 11.6. The SMILES string of the molecule is CC(=O)N1CCN(c2cc(NCc3ccccc3)nc(C)n2)CC1. The summed E-state index contributed by atoms with van der Waals surface area (Å²) in [5.41, 5.74) is 1.21. The van der Waals surface area contributed by atoms with Crippen molar-refractivity contribution >= 4 is 17.5 Å². The zero-order valence-corrected chi connectivity index (χ0v) is 14.2. The maximum absolute atomic E-state index is 11.4. The van der Waals surface area contributed by atoms with E-state index >= 15 is 0 Å². The predicted octanol–water partition coefficient (Wildman–Crippen LogP) is 2.07. The number of hydrogen-bond acceptors (Lipinski definition) is 5. The van der Waals surface area contributed by atoms with Crippen molar-refractivity contribution in [2.45, 2.75) is 20.4 Å². The van der Waals surface area contributed by atoms with Crippen molar-refractivity contribution in [2.75, 3.05) is 36.4 Å². The predicted molar refractivity (Wildman–Crippen MR) is 95.0 cm³/mol. The number of aryl methyl sites for hydroxylation is 1. The Labute approximate surface area is 142 Å². The molecule has 0 atom stereocenters. The monoisotopic (exact) mass is 325 g/mol. The van der Waals surface area contributed by atoms with Crippen LogP contribution in [-0.2, 0) is 11.3 Å². The lowest BCUT2D eigenvalue weighted by Crippen LogP contribution is -2.48. The zero-order chi connectivity index (χ0) is 16.9. The van der Waals surface area contributed by atoms with Gasteiger partial charge in [0.05, 0.1) is 0 Å². The van der Waals surface area contributed by atoms with Crippen LogP contribution in [0.3, 0.4) is 0 Å². The fourth-order valence-corrected chi connectivity index (χ4v) is 2.84. The minimum absolute atomic E-state index is 0.138. The number of anilines is 2. The molecule has 0 bridgehead atoms. The summed E-state index contributed by atoms with van der Waals surface area (Å²) in [4.78, 5) is 24.6. The number of nitrogens with zero attached hydrogens (tertiary/aromatic N) is 4. The van der Waals surface area contributed by atoms with Crippen LogP contribution in [0.2, 0.25) is 0 Å². The molecule has 3 rings (SSSR count). The van der Waals surface area contributed by atoms with Crippen LogP contribution in [0.25, 0.3) is 0 Å². The highest BCUT2D eigenvalue weighted by atomic mass is 16.2. The van der Waals surface area contributed by atoms with E-state index in [4.69, 9.17) is 0 Å². The molecule has 24 heavy (non-hydrogen) atoms. The summed E-state index contributed by atoms with van der Waals surface area (Å²) >= 11 is 0. The Balaban J connectivity index is 1.67. The molecule has 1 fully saturated rings. The zero-order valence-electron chi connectivity index (χ0n) is 14.2. The van der Waals surface area contributed by atoms with Crippen LogP contribution < -0.4 is 10.2 Å². The molecule has 1 N–H and O–H groups in total. The standard InChI is InChI=1S/C18H23N5O/c1-14-20-17(19-13-16-6-4-3-5-7-16)12-18(21-14)23-10-8-22(9-11-23)15(2)24/h3-7,12H,8-11,13H2,1-2H3,(H,19,20,21). The topological polar surface area (TPSA) is 61.4 Å². The van der Waals surface area contributed by atoms with Gasteiger partial charge in [-0.05, 0) is 12.5 Å². The van der Waals surface area contributed by atoms with Crippen molar-refractivity contribution in [2.24, 2.45) is 0 Å². The highest BCUT2D eigenvalue weighted by Crippen LogP contribution is 2.18. The van der Waals surface area contributed by atoms with E-state index in [0.717, 1.165) is 50.2 Å². The molecule has 2 heterocycles. The largest absolute Gasteiger partial charge is 0.366 e. The second-order valence-corrected chi connectivity index (χ2v) is 5.99. The quantitative estimate of drug-likeness (QED) is 0.932. The van der Waals surface area contributed by atoms with Crippen LogP contribution >= 0.6 is 0 Å².